The monoisotopic (exact) mass is 128 g/mol. The van der Waals surface area contributed by atoms with Crippen molar-refractivity contribution in [1.82, 2.24) is 0 Å². The molecule has 1 aliphatic carbocycles. The van der Waals surface area contributed by atoms with Crippen molar-refractivity contribution in [3.63, 3.8) is 0 Å². The highest BCUT2D eigenvalue weighted by molar-refractivity contribution is 4.72. The third-order valence-corrected chi connectivity index (χ3v) is 1.72. The Morgan fingerprint density at radius 1 is 1.33 bits per heavy atom. The normalized spacial score (nSPS) is 18.3. The molecule has 1 heteroatoms. The molecule has 0 aromatic rings. The van der Waals surface area contributed by atoms with Crippen LogP contribution < -0.4 is 0 Å². The summed E-state index contributed by atoms with van der Waals surface area (Å²) >= 11 is 0. The average Bonchev–Trinajstić information content (AvgIpc) is 2.63. The summed E-state index contributed by atoms with van der Waals surface area (Å²) in [5.41, 5.74) is 0. The highest BCUT2D eigenvalue weighted by Crippen LogP contribution is 2.31. The predicted octanol–water partition coefficient (Wildman–Crippen LogP) is 2.21. The maximum absolute atomic E-state index is 5.33. The highest BCUT2D eigenvalue weighted by atomic mass is 16.5. The molecule has 1 saturated carbocycles. The molecule has 0 saturated heterocycles. The molecule has 0 atom stereocenters. The van der Waals surface area contributed by atoms with Crippen molar-refractivity contribution < 1.29 is 4.74 Å². The molecule has 1 aliphatic rings. The van der Waals surface area contributed by atoms with Gasteiger partial charge in [0.25, 0.3) is 0 Å². The van der Waals surface area contributed by atoms with Crippen LogP contribution in [0.25, 0.3) is 0 Å². The Kier molecular flexibility index (Phi) is 3.05. The molecule has 54 valence electrons. The lowest BCUT2D eigenvalue weighted by molar-refractivity contribution is 0.129. The molecule has 0 aromatic carbocycles. The van der Waals surface area contributed by atoms with Gasteiger partial charge in [-0.2, -0.15) is 0 Å². The summed E-state index contributed by atoms with van der Waals surface area (Å²) in [6.45, 7) is 4.10. The minimum Gasteiger partial charge on any atom is -0.381 e. The Morgan fingerprint density at radius 2 is 2.11 bits per heavy atom. The second-order valence-corrected chi connectivity index (χ2v) is 2.84. The molecular weight excluding hydrogens is 112 g/mol. The van der Waals surface area contributed by atoms with Gasteiger partial charge in [0.2, 0.25) is 0 Å². The Hall–Kier alpha value is -0.0400. The molecule has 0 aliphatic heterocycles. The van der Waals surface area contributed by atoms with E-state index in [2.05, 4.69) is 6.92 Å². The van der Waals surface area contributed by atoms with Gasteiger partial charge in [0.15, 0.2) is 0 Å². The van der Waals surface area contributed by atoms with Gasteiger partial charge < -0.3 is 4.74 Å². The first kappa shape index (κ1) is 7.07. The number of ether oxygens (including phenoxy) is 1. The van der Waals surface area contributed by atoms with Crippen molar-refractivity contribution in [2.75, 3.05) is 13.2 Å². The van der Waals surface area contributed by atoms with Crippen LogP contribution in [0.1, 0.15) is 32.6 Å². The van der Waals surface area contributed by atoms with Gasteiger partial charge in [0.05, 0.1) is 0 Å². The number of rotatable bonds is 5. The molecule has 1 fully saturated rings. The van der Waals surface area contributed by atoms with Gasteiger partial charge in [-0.15, -0.1) is 0 Å². The molecule has 0 N–H and O–H groups in total. The first-order valence-electron chi connectivity index (χ1n) is 4.01. The Bertz CT molecular complexity index is 67.0. The third-order valence-electron chi connectivity index (χ3n) is 1.72. The van der Waals surface area contributed by atoms with Crippen molar-refractivity contribution in [3.8, 4) is 0 Å². The Morgan fingerprint density at radius 3 is 2.67 bits per heavy atom. The molecule has 0 unspecified atom stereocenters. The van der Waals surface area contributed by atoms with E-state index in [0.717, 1.165) is 25.6 Å². The second-order valence-electron chi connectivity index (χ2n) is 2.84. The van der Waals surface area contributed by atoms with Crippen LogP contribution in [-0.4, -0.2) is 13.2 Å². The summed E-state index contributed by atoms with van der Waals surface area (Å²) in [5, 5.41) is 0. The Labute approximate surface area is 57.4 Å². The lowest BCUT2D eigenvalue weighted by Gasteiger charge is -1.98. The first-order chi connectivity index (χ1) is 4.43. The van der Waals surface area contributed by atoms with Gasteiger partial charge in [-0.05, 0) is 18.8 Å². The van der Waals surface area contributed by atoms with E-state index in [-0.39, 0.29) is 0 Å². The van der Waals surface area contributed by atoms with Gasteiger partial charge in [0, 0.05) is 13.2 Å². The molecule has 0 aromatic heterocycles. The molecular formula is C8H16O. The van der Waals surface area contributed by atoms with Crippen LogP contribution in [0.15, 0.2) is 0 Å². The van der Waals surface area contributed by atoms with E-state index in [1.807, 2.05) is 0 Å². The van der Waals surface area contributed by atoms with Gasteiger partial charge >= 0.3 is 0 Å². The SMILES string of the molecule is CCCOCCC1CC1. The quantitative estimate of drug-likeness (QED) is 0.516. The van der Waals surface area contributed by atoms with Gasteiger partial charge in [0.1, 0.15) is 0 Å². The highest BCUT2D eigenvalue weighted by Gasteiger charge is 2.20. The van der Waals surface area contributed by atoms with Crippen molar-refractivity contribution in [2.24, 2.45) is 5.92 Å². The van der Waals surface area contributed by atoms with Crippen LogP contribution in [0.3, 0.4) is 0 Å². The Balaban J connectivity index is 1.71. The fourth-order valence-electron chi connectivity index (χ4n) is 0.903. The van der Waals surface area contributed by atoms with Crippen molar-refractivity contribution in [2.45, 2.75) is 32.6 Å². The zero-order valence-electron chi connectivity index (χ0n) is 6.23. The van der Waals surface area contributed by atoms with Crippen molar-refractivity contribution in [3.05, 3.63) is 0 Å². The first-order valence-corrected chi connectivity index (χ1v) is 4.01. The van der Waals surface area contributed by atoms with E-state index in [4.69, 9.17) is 4.74 Å². The van der Waals surface area contributed by atoms with E-state index in [1.54, 1.807) is 0 Å². The maximum Gasteiger partial charge on any atom is 0.0468 e. The van der Waals surface area contributed by atoms with E-state index >= 15 is 0 Å². The lowest BCUT2D eigenvalue weighted by Crippen LogP contribution is -1.95. The van der Waals surface area contributed by atoms with Crippen LogP contribution in [-0.2, 0) is 4.74 Å². The molecule has 9 heavy (non-hydrogen) atoms. The largest absolute Gasteiger partial charge is 0.381 e. The van der Waals surface area contributed by atoms with Crippen molar-refractivity contribution >= 4 is 0 Å². The van der Waals surface area contributed by atoms with Crippen LogP contribution in [0, 0.1) is 5.92 Å². The fraction of sp³-hybridized carbons (Fsp3) is 1.00. The number of hydrogen-bond acceptors (Lipinski definition) is 1. The lowest BCUT2D eigenvalue weighted by atomic mass is 10.3. The van der Waals surface area contributed by atoms with E-state index in [1.165, 1.54) is 19.3 Å². The molecule has 0 bridgehead atoms. The van der Waals surface area contributed by atoms with Gasteiger partial charge in [-0.3, -0.25) is 0 Å². The van der Waals surface area contributed by atoms with Crippen LogP contribution >= 0.6 is 0 Å². The van der Waals surface area contributed by atoms with E-state index in [0.29, 0.717) is 0 Å². The molecule has 1 rings (SSSR count). The van der Waals surface area contributed by atoms with Crippen LogP contribution in [0.2, 0.25) is 0 Å². The van der Waals surface area contributed by atoms with Crippen LogP contribution in [0.4, 0.5) is 0 Å². The number of hydrogen-bond donors (Lipinski definition) is 0. The zero-order chi connectivity index (χ0) is 6.53. The minimum absolute atomic E-state index is 0.951. The maximum atomic E-state index is 5.33. The van der Waals surface area contributed by atoms with Gasteiger partial charge in [-0.25, -0.2) is 0 Å². The molecule has 0 spiro atoms. The van der Waals surface area contributed by atoms with E-state index < -0.39 is 0 Å². The summed E-state index contributed by atoms with van der Waals surface area (Å²) in [6.07, 6.45) is 5.37. The topological polar surface area (TPSA) is 9.23 Å². The van der Waals surface area contributed by atoms with Gasteiger partial charge in [-0.1, -0.05) is 19.8 Å². The summed E-state index contributed by atoms with van der Waals surface area (Å²) in [7, 11) is 0. The standard InChI is InChI=1S/C8H16O/c1-2-6-9-7-5-8-3-4-8/h8H,2-7H2,1H3. The predicted molar refractivity (Wildman–Crippen MR) is 38.5 cm³/mol. The summed E-state index contributed by atoms with van der Waals surface area (Å²) in [5.74, 6) is 1.03. The fourth-order valence-corrected chi connectivity index (χ4v) is 0.903. The third kappa shape index (κ3) is 3.52. The summed E-state index contributed by atoms with van der Waals surface area (Å²) in [6, 6.07) is 0. The molecule has 1 nitrogen and oxygen atoms in total. The summed E-state index contributed by atoms with van der Waals surface area (Å²) in [4.78, 5) is 0. The average molecular weight is 128 g/mol. The molecule has 0 amide bonds. The molecule has 0 radical (unpaired) electrons. The second kappa shape index (κ2) is 3.89. The van der Waals surface area contributed by atoms with Crippen molar-refractivity contribution in [1.29, 1.82) is 0 Å². The summed E-state index contributed by atoms with van der Waals surface area (Å²) < 4.78 is 5.33. The van der Waals surface area contributed by atoms with Crippen LogP contribution in [0.5, 0.6) is 0 Å². The molecule has 0 heterocycles. The minimum atomic E-state index is 0.951. The van der Waals surface area contributed by atoms with E-state index in [9.17, 15) is 0 Å². The smallest absolute Gasteiger partial charge is 0.0468 e. The zero-order valence-corrected chi connectivity index (χ0v) is 6.23.